The third-order valence-corrected chi connectivity index (χ3v) is 1.51. The van der Waals surface area contributed by atoms with Crippen LogP contribution in [0, 0.1) is 0 Å². The molecular formula is C6H13ClN2O. The average molecular weight is 165 g/mol. The van der Waals surface area contributed by atoms with E-state index in [1.165, 1.54) is 0 Å². The van der Waals surface area contributed by atoms with E-state index in [9.17, 15) is 4.79 Å². The zero-order valence-electron chi connectivity index (χ0n) is 6.18. The molecule has 0 radical (unpaired) electrons. The zero-order chi connectivity index (χ0) is 6.85. The van der Waals surface area contributed by atoms with Gasteiger partial charge in [0, 0.05) is 12.6 Å². The van der Waals surface area contributed by atoms with Crippen LogP contribution in [0.15, 0.2) is 0 Å². The first kappa shape index (κ1) is 9.72. The van der Waals surface area contributed by atoms with Crippen LogP contribution in [0.1, 0.15) is 13.8 Å². The van der Waals surface area contributed by atoms with Crippen LogP contribution >= 0.6 is 12.4 Å². The summed E-state index contributed by atoms with van der Waals surface area (Å²) in [5, 5.41) is 5.90. The summed E-state index contributed by atoms with van der Waals surface area (Å²) in [6.07, 6.45) is 0. The molecule has 2 unspecified atom stereocenters. The van der Waals surface area contributed by atoms with Gasteiger partial charge in [-0.25, -0.2) is 0 Å². The van der Waals surface area contributed by atoms with Gasteiger partial charge in [-0.2, -0.15) is 0 Å². The maximum Gasteiger partial charge on any atom is 0.236 e. The molecule has 2 atom stereocenters. The highest BCUT2D eigenvalue weighted by molar-refractivity contribution is 5.85. The Bertz CT molecular complexity index is 129. The maximum absolute atomic E-state index is 10.8. The third-order valence-electron chi connectivity index (χ3n) is 1.51. The highest BCUT2D eigenvalue weighted by Gasteiger charge is 2.19. The van der Waals surface area contributed by atoms with Crippen LogP contribution in [-0.2, 0) is 4.79 Å². The molecule has 1 amide bonds. The summed E-state index contributed by atoms with van der Waals surface area (Å²) in [5.41, 5.74) is 0. The number of amides is 1. The normalized spacial score (nSPS) is 32.4. The summed E-state index contributed by atoms with van der Waals surface area (Å²) < 4.78 is 0. The first-order valence-corrected chi connectivity index (χ1v) is 3.24. The van der Waals surface area contributed by atoms with Crippen LogP contribution in [0.4, 0.5) is 0 Å². The molecule has 1 rings (SSSR count). The molecule has 4 heteroatoms. The Balaban J connectivity index is 0.000000810. The fourth-order valence-corrected chi connectivity index (χ4v) is 0.968. The van der Waals surface area contributed by atoms with E-state index in [4.69, 9.17) is 0 Å². The van der Waals surface area contributed by atoms with Gasteiger partial charge in [0.2, 0.25) is 5.91 Å². The second kappa shape index (κ2) is 3.78. The number of halogens is 1. The summed E-state index contributed by atoms with van der Waals surface area (Å²) in [7, 11) is 0. The van der Waals surface area contributed by atoms with Crippen molar-refractivity contribution in [1.29, 1.82) is 0 Å². The molecular weight excluding hydrogens is 152 g/mol. The molecule has 60 valence electrons. The Morgan fingerprint density at radius 2 is 2.10 bits per heavy atom. The van der Waals surface area contributed by atoms with E-state index in [2.05, 4.69) is 17.6 Å². The molecule has 0 spiro atoms. The molecule has 1 saturated heterocycles. The fourth-order valence-electron chi connectivity index (χ4n) is 0.968. The van der Waals surface area contributed by atoms with Crippen molar-refractivity contribution >= 4 is 18.3 Å². The SMILES string of the molecule is CC1CNC(=O)C(C)N1.Cl. The quantitative estimate of drug-likeness (QED) is 0.525. The topological polar surface area (TPSA) is 41.1 Å². The maximum atomic E-state index is 10.8. The molecule has 0 aromatic carbocycles. The van der Waals surface area contributed by atoms with E-state index >= 15 is 0 Å². The van der Waals surface area contributed by atoms with Crippen LogP contribution in [0.25, 0.3) is 0 Å². The minimum atomic E-state index is -0.0197. The molecule has 0 bridgehead atoms. The van der Waals surface area contributed by atoms with Crippen molar-refractivity contribution in [2.75, 3.05) is 6.54 Å². The van der Waals surface area contributed by atoms with Crippen molar-refractivity contribution < 1.29 is 4.79 Å². The summed E-state index contributed by atoms with van der Waals surface area (Å²) in [6, 6.07) is 0.395. The van der Waals surface area contributed by atoms with Crippen LogP contribution < -0.4 is 10.6 Å². The van der Waals surface area contributed by atoms with Crippen molar-refractivity contribution in [2.45, 2.75) is 25.9 Å². The lowest BCUT2D eigenvalue weighted by Gasteiger charge is -2.25. The second-order valence-corrected chi connectivity index (χ2v) is 2.53. The van der Waals surface area contributed by atoms with Gasteiger partial charge in [0.25, 0.3) is 0 Å². The van der Waals surface area contributed by atoms with Gasteiger partial charge in [-0.3, -0.25) is 4.79 Å². The molecule has 2 N–H and O–H groups in total. The minimum absolute atomic E-state index is 0. The van der Waals surface area contributed by atoms with Crippen LogP contribution in [0.5, 0.6) is 0 Å². The molecule has 0 aliphatic carbocycles. The van der Waals surface area contributed by atoms with E-state index in [1.54, 1.807) is 0 Å². The van der Waals surface area contributed by atoms with Gasteiger partial charge in [-0.1, -0.05) is 0 Å². The molecule has 1 heterocycles. The number of piperazine rings is 1. The van der Waals surface area contributed by atoms with Crippen molar-refractivity contribution in [3.05, 3.63) is 0 Å². The first-order chi connectivity index (χ1) is 4.20. The van der Waals surface area contributed by atoms with E-state index in [1.807, 2.05) is 6.92 Å². The van der Waals surface area contributed by atoms with Gasteiger partial charge in [-0.05, 0) is 13.8 Å². The predicted molar refractivity (Wildman–Crippen MR) is 42.3 cm³/mol. The molecule has 0 aromatic heterocycles. The Labute approximate surface area is 67.0 Å². The lowest BCUT2D eigenvalue weighted by atomic mass is 10.2. The number of hydrogen-bond donors (Lipinski definition) is 2. The number of rotatable bonds is 0. The van der Waals surface area contributed by atoms with Crippen LogP contribution in [-0.4, -0.2) is 24.5 Å². The van der Waals surface area contributed by atoms with E-state index in [-0.39, 0.29) is 24.4 Å². The second-order valence-electron chi connectivity index (χ2n) is 2.53. The summed E-state index contributed by atoms with van der Waals surface area (Å²) in [4.78, 5) is 10.8. The van der Waals surface area contributed by atoms with Crippen molar-refractivity contribution in [3.8, 4) is 0 Å². The lowest BCUT2D eigenvalue weighted by molar-refractivity contribution is -0.124. The Morgan fingerprint density at radius 1 is 1.50 bits per heavy atom. The number of carbonyl (C=O) groups is 1. The Morgan fingerprint density at radius 3 is 2.50 bits per heavy atom. The number of carbonyl (C=O) groups excluding carboxylic acids is 1. The summed E-state index contributed by atoms with van der Waals surface area (Å²) >= 11 is 0. The molecule has 1 aliphatic heterocycles. The average Bonchev–Trinajstić information content (AvgIpc) is 1.80. The molecule has 0 aromatic rings. The predicted octanol–water partition coefficient (Wildman–Crippen LogP) is -0.0954. The standard InChI is InChI=1S/C6H12N2O.ClH/c1-4-3-7-6(9)5(2)8-4;/h4-5,8H,3H2,1-2H3,(H,7,9);1H. The largest absolute Gasteiger partial charge is 0.353 e. The number of hydrogen-bond acceptors (Lipinski definition) is 2. The van der Waals surface area contributed by atoms with Gasteiger partial charge in [-0.15, -0.1) is 12.4 Å². The van der Waals surface area contributed by atoms with Gasteiger partial charge < -0.3 is 10.6 Å². The van der Waals surface area contributed by atoms with Crippen LogP contribution in [0.3, 0.4) is 0 Å². The van der Waals surface area contributed by atoms with Crippen molar-refractivity contribution in [2.24, 2.45) is 0 Å². The minimum Gasteiger partial charge on any atom is -0.353 e. The Kier molecular flexibility index (Phi) is 3.68. The van der Waals surface area contributed by atoms with Crippen molar-refractivity contribution in [1.82, 2.24) is 10.6 Å². The third kappa shape index (κ3) is 2.15. The summed E-state index contributed by atoms with van der Waals surface area (Å²) in [6.45, 7) is 4.67. The molecule has 0 saturated carbocycles. The van der Waals surface area contributed by atoms with E-state index < -0.39 is 0 Å². The van der Waals surface area contributed by atoms with E-state index in [0.29, 0.717) is 6.04 Å². The highest BCUT2D eigenvalue weighted by Crippen LogP contribution is 1.92. The van der Waals surface area contributed by atoms with Crippen molar-refractivity contribution in [3.63, 3.8) is 0 Å². The van der Waals surface area contributed by atoms with Gasteiger partial charge in [0.15, 0.2) is 0 Å². The smallest absolute Gasteiger partial charge is 0.236 e. The van der Waals surface area contributed by atoms with Gasteiger partial charge >= 0.3 is 0 Å². The highest BCUT2D eigenvalue weighted by atomic mass is 35.5. The monoisotopic (exact) mass is 164 g/mol. The molecule has 1 fully saturated rings. The summed E-state index contributed by atoms with van der Waals surface area (Å²) in [5.74, 6) is 0.105. The number of nitrogens with one attached hydrogen (secondary N) is 2. The molecule has 3 nitrogen and oxygen atoms in total. The first-order valence-electron chi connectivity index (χ1n) is 3.24. The van der Waals surface area contributed by atoms with E-state index in [0.717, 1.165) is 6.54 Å². The molecule has 10 heavy (non-hydrogen) atoms. The zero-order valence-corrected chi connectivity index (χ0v) is 6.99. The molecule has 1 aliphatic rings. The van der Waals surface area contributed by atoms with Gasteiger partial charge in [0.05, 0.1) is 6.04 Å². The Hall–Kier alpha value is -0.280. The lowest BCUT2D eigenvalue weighted by Crippen LogP contribution is -2.55. The van der Waals surface area contributed by atoms with Crippen LogP contribution in [0.2, 0.25) is 0 Å². The van der Waals surface area contributed by atoms with Gasteiger partial charge in [0.1, 0.15) is 0 Å². The fraction of sp³-hybridized carbons (Fsp3) is 0.833.